The topological polar surface area (TPSA) is 52.4 Å². The van der Waals surface area contributed by atoms with Crippen molar-refractivity contribution in [3.05, 3.63) is 104 Å². The van der Waals surface area contributed by atoms with Crippen molar-refractivity contribution in [2.45, 2.75) is 5.73 Å². The average Bonchev–Trinajstić information content (AvgIpc) is 2.72. The first-order chi connectivity index (χ1) is 14.3. The minimum absolute atomic E-state index is 0.125. The highest BCUT2D eigenvalue weighted by Gasteiger charge is 2.29. The Morgan fingerprint density at radius 2 is 1.43 bits per heavy atom. The van der Waals surface area contributed by atoms with Crippen molar-refractivity contribution in [3.8, 4) is 5.75 Å². The van der Waals surface area contributed by atoms with E-state index in [0.717, 1.165) is 10.4 Å². The molecule has 1 unspecified atom stereocenters. The molecule has 4 nitrogen and oxygen atoms in total. The molecule has 0 saturated carbocycles. The van der Waals surface area contributed by atoms with Gasteiger partial charge in [-0.05, 0) is 30.3 Å². The molecule has 0 fully saturated rings. The number of halogens is 4. The summed E-state index contributed by atoms with van der Waals surface area (Å²) in [4.78, 5) is 10.9. The van der Waals surface area contributed by atoms with Crippen molar-refractivity contribution < 1.29 is 9.66 Å². The van der Waals surface area contributed by atoms with E-state index in [0.29, 0.717) is 20.1 Å². The molecule has 3 aromatic rings. The van der Waals surface area contributed by atoms with Crippen molar-refractivity contribution in [1.29, 1.82) is 0 Å². The normalized spacial score (nSPS) is 11.9. The first-order valence-corrected chi connectivity index (χ1v) is 12.1. The molecule has 0 aliphatic carbocycles. The van der Waals surface area contributed by atoms with E-state index in [4.69, 9.17) is 51.1 Å². The van der Waals surface area contributed by atoms with E-state index >= 15 is 0 Å². The smallest absolute Gasteiger partial charge is 0.310 e. The SMILES string of the molecule is C=CC(Oc1ccccc1[N+](=O)[O-])[SiH](c1ccc(Cl)c(Cl)c1)c1ccc(Cl)c(Cl)c1. The van der Waals surface area contributed by atoms with Crippen LogP contribution < -0.4 is 15.1 Å². The summed E-state index contributed by atoms with van der Waals surface area (Å²) >= 11 is 24.7. The lowest BCUT2D eigenvalue weighted by Gasteiger charge is -2.25. The predicted octanol–water partition coefficient (Wildman–Crippen LogP) is 5.72. The van der Waals surface area contributed by atoms with Crippen LogP contribution in [0.1, 0.15) is 0 Å². The van der Waals surface area contributed by atoms with Crippen LogP contribution in [0.4, 0.5) is 5.69 Å². The number of nitro groups is 1. The quantitative estimate of drug-likeness (QED) is 0.181. The van der Waals surface area contributed by atoms with Gasteiger partial charge >= 0.3 is 5.69 Å². The van der Waals surface area contributed by atoms with E-state index in [9.17, 15) is 10.1 Å². The molecule has 1 atom stereocenters. The molecule has 0 saturated heterocycles. The maximum atomic E-state index is 11.4. The van der Waals surface area contributed by atoms with E-state index in [1.807, 2.05) is 12.1 Å². The first-order valence-electron chi connectivity index (χ1n) is 8.74. The van der Waals surface area contributed by atoms with E-state index in [-0.39, 0.29) is 11.4 Å². The fraction of sp³-hybridized carbons (Fsp3) is 0.0476. The van der Waals surface area contributed by atoms with E-state index in [2.05, 4.69) is 6.58 Å². The first kappa shape index (κ1) is 22.7. The number of hydrogen-bond acceptors (Lipinski definition) is 3. The van der Waals surface area contributed by atoms with Gasteiger partial charge in [0, 0.05) is 6.07 Å². The van der Waals surface area contributed by atoms with Crippen LogP contribution in [0.3, 0.4) is 0 Å². The lowest BCUT2D eigenvalue weighted by atomic mass is 10.3. The lowest BCUT2D eigenvalue weighted by Crippen LogP contribution is -2.53. The molecule has 0 aromatic heterocycles. The van der Waals surface area contributed by atoms with Crippen LogP contribution in [-0.2, 0) is 0 Å². The second-order valence-electron chi connectivity index (χ2n) is 6.37. The Balaban J connectivity index is 2.12. The predicted molar refractivity (Wildman–Crippen MR) is 127 cm³/mol. The molecule has 3 aromatic carbocycles. The Hall–Kier alpha value is -2.02. The van der Waals surface area contributed by atoms with E-state index < -0.39 is 19.4 Å². The second-order valence-corrected chi connectivity index (χ2v) is 10.9. The summed E-state index contributed by atoms with van der Waals surface area (Å²) in [5.74, 6) is 0.157. The van der Waals surface area contributed by atoms with Crippen LogP contribution in [0.15, 0.2) is 73.3 Å². The molecule has 154 valence electrons. The molecule has 9 heteroatoms. The van der Waals surface area contributed by atoms with Crippen molar-refractivity contribution in [1.82, 2.24) is 0 Å². The number of ether oxygens (including phenoxy) is 1. The van der Waals surface area contributed by atoms with Gasteiger partial charge in [0.1, 0.15) is 5.73 Å². The minimum atomic E-state index is -2.23. The minimum Gasteiger partial charge on any atom is -0.483 e. The molecule has 0 radical (unpaired) electrons. The summed E-state index contributed by atoms with van der Waals surface area (Å²) < 4.78 is 6.12. The Morgan fingerprint density at radius 1 is 0.900 bits per heavy atom. The van der Waals surface area contributed by atoms with E-state index in [1.165, 1.54) is 6.07 Å². The number of para-hydroxylation sites is 2. The molecule has 0 heterocycles. The Bertz CT molecular complexity index is 1060. The molecule has 3 rings (SSSR count). The average molecular weight is 499 g/mol. The zero-order valence-corrected chi connectivity index (χ0v) is 19.6. The molecule has 0 spiro atoms. The van der Waals surface area contributed by atoms with Crippen molar-refractivity contribution in [2.24, 2.45) is 0 Å². The standard InChI is InChI=1S/C21H15Cl4NO3Si/c1-2-21(29-20-6-4-3-5-19(20)26(27)28)30(13-7-9-15(22)17(24)11-13)14-8-10-16(23)18(25)12-14/h2-12,21,30H,1H2. The number of nitro benzene ring substituents is 1. The maximum Gasteiger partial charge on any atom is 0.310 e. The van der Waals surface area contributed by atoms with Crippen LogP contribution in [0.2, 0.25) is 20.1 Å². The van der Waals surface area contributed by atoms with Gasteiger partial charge in [0.2, 0.25) is 0 Å². The Morgan fingerprint density at radius 3 is 1.90 bits per heavy atom. The summed E-state index contributed by atoms with van der Waals surface area (Å²) in [5, 5.41) is 14.9. The van der Waals surface area contributed by atoms with Gasteiger partial charge in [-0.2, -0.15) is 0 Å². The molecular formula is C21H15Cl4NO3Si. The van der Waals surface area contributed by atoms with Crippen LogP contribution >= 0.6 is 46.4 Å². The van der Waals surface area contributed by atoms with Gasteiger partial charge in [-0.15, -0.1) is 0 Å². The van der Waals surface area contributed by atoms with Gasteiger partial charge in [0.05, 0.1) is 25.0 Å². The summed E-state index contributed by atoms with van der Waals surface area (Å²) in [7, 11) is -2.23. The fourth-order valence-electron chi connectivity index (χ4n) is 3.09. The molecule has 0 N–H and O–H groups in total. The van der Waals surface area contributed by atoms with Crippen LogP contribution in [0.25, 0.3) is 0 Å². The highest BCUT2D eigenvalue weighted by atomic mass is 35.5. The number of nitrogens with zero attached hydrogens (tertiary/aromatic N) is 1. The van der Waals surface area contributed by atoms with Crippen LogP contribution in [0, 0.1) is 10.1 Å². The summed E-state index contributed by atoms with van der Waals surface area (Å²) in [6, 6.07) is 16.9. The van der Waals surface area contributed by atoms with Gasteiger partial charge < -0.3 is 4.74 Å². The molecule has 0 bridgehead atoms. The van der Waals surface area contributed by atoms with Crippen LogP contribution in [-0.4, -0.2) is 19.4 Å². The van der Waals surface area contributed by atoms with Gasteiger partial charge in [-0.3, -0.25) is 10.1 Å². The maximum absolute atomic E-state index is 11.4. The van der Waals surface area contributed by atoms with Gasteiger partial charge in [0.15, 0.2) is 14.5 Å². The van der Waals surface area contributed by atoms with Crippen LogP contribution in [0.5, 0.6) is 5.75 Å². The second kappa shape index (κ2) is 9.86. The highest BCUT2D eigenvalue weighted by molar-refractivity contribution is 6.87. The molecule has 0 aliphatic rings. The van der Waals surface area contributed by atoms with Gasteiger partial charge in [0.25, 0.3) is 0 Å². The van der Waals surface area contributed by atoms with Crippen molar-refractivity contribution in [2.75, 3.05) is 0 Å². The Labute approximate surface area is 195 Å². The summed E-state index contributed by atoms with van der Waals surface area (Å²) in [6.07, 6.45) is 1.64. The van der Waals surface area contributed by atoms with Crippen molar-refractivity contribution in [3.63, 3.8) is 0 Å². The zero-order valence-electron chi connectivity index (χ0n) is 15.4. The third kappa shape index (κ3) is 4.99. The largest absolute Gasteiger partial charge is 0.483 e. The summed E-state index contributed by atoms with van der Waals surface area (Å²) in [5.41, 5.74) is -0.666. The molecular weight excluding hydrogens is 484 g/mol. The van der Waals surface area contributed by atoms with Gasteiger partial charge in [-0.25, -0.2) is 0 Å². The third-order valence-electron chi connectivity index (χ3n) is 4.49. The molecule has 0 amide bonds. The fourth-order valence-corrected chi connectivity index (χ4v) is 6.91. The van der Waals surface area contributed by atoms with E-state index in [1.54, 1.807) is 48.5 Å². The highest BCUT2D eigenvalue weighted by Crippen LogP contribution is 2.28. The number of benzene rings is 3. The third-order valence-corrected chi connectivity index (χ3v) is 9.19. The van der Waals surface area contributed by atoms with Crippen molar-refractivity contribution >= 4 is 71.3 Å². The van der Waals surface area contributed by atoms with Gasteiger partial charge in [-0.1, -0.05) is 93.7 Å². The summed E-state index contributed by atoms with van der Waals surface area (Å²) in [6.45, 7) is 3.91. The monoisotopic (exact) mass is 497 g/mol. The lowest BCUT2D eigenvalue weighted by molar-refractivity contribution is -0.385. The number of hydrogen-bond donors (Lipinski definition) is 0. The molecule has 0 aliphatic heterocycles. The zero-order chi connectivity index (χ0) is 21.8. The number of rotatable bonds is 7. The Kier molecular flexibility index (Phi) is 7.44. The molecule has 30 heavy (non-hydrogen) atoms.